The van der Waals surface area contributed by atoms with Crippen LogP contribution in [0.15, 0.2) is 22.6 Å². The smallest absolute Gasteiger partial charge is 0.287 e. The van der Waals surface area contributed by atoms with Crippen LogP contribution in [0.2, 0.25) is 0 Å². The molecule has 0 saturated heterocycles. The van der Waals surface area contributed by atoms with Crippen LogP contribution in [0.25, 0.3) is 11.0 Å². The van der Waals surface area contributed by atoms with Gasteiger partial charge in [-0.3, -0.25) is 4.79 Å². The van der Waals surface area contributed by atoms with Gasteiger partial charge in [-0.1, -0.05) is 6.92 Å². The Kier molecular flexibility index (Phi) is 6.65. The summed E-state index contributed by atoms with van der Waals surface area (Å²) < 4.78 is 18.7. The van der Waals surface area contributed by atoms with E-state index in [0.29, 0.717) is 29.6 Å². The van der Waals surface area contributed by atoms with Gasteiger partial charge in [-0.15, -0.1) is 12.4 Å². The predicted octanol–water partition coefficient (Wildman–Crippen LogP) is 3.03. The molecule has 1 aromatic heterocycles. The summed E-state index contributed by atoms with van der Waals surface area (Å²) in [6, 6.07) is 4.24. The minimum Gasteiger partial charge on any atom is -0.451 e. The van der Waals surface area contributed by atoms with Crippen molar-refractivity contribution in [1.82, 2.24) is 10.6 Å². The van der Waals surface area contributed by atoms with Crippen LogP contribution in [-0.4, -0.2) is 25.5 Å². The van der Waals surface area contributed by atoms with E-state index in [2.05, 4.69) is 17.6 Å². The van der Waals surface area contributed by atoms with Crippen molar-refractivity contribution in [3.8, 4) is 0 Å². The second-order valence-electron chi connectivity index (χ2n) is 4.70. The highest BCUT2D eigenvalue weighted by Crippen LogP contribution is 2.25. The van der Waals surface area contributed by atoms with Gasteiger partial charge in [0.2, 0.25) is 0 Å². The van der Waals surface area contributed by atoms with E-state index in [1.165, 1.54) is 18.2 Å². The summed E-state index contributed by atoms with van der Waals surface area (Å²) in [4.78, 5) is 12.0. The van der Waals surface area contributed by atoms with Crippen molar-refractivity contribution >= 4 is 29.3 Å². The van der Waals surface area contributed by atoms with Gasteiger partial charge in [0.15, 0.2) is 5.76 Å². The molecule has 1 heterocycles. The third-order valence-corrected chi connectivity index (χ3v) is 3.12. The van der Waals surface area contributed by atoms with Gasteiger partial charge >= 0.3 is 0 Å². The van der Waals surface area contributed by atoms with Crippen molar-refractivity contribution < 1.29 is 13.6 Å². The van der Waals surface area contributed by atoms with Crippen molar-refractivity contribution in [2.45, 2.75) is 20.3 Å². The number of fused-ring (bicyclic) bond motifs is 1. The number of carbonyl (C=O) groups is 1. The largest absolute Gasteiger partial charge is 0.451 e. The maximum atomic E-state index is 13.2. The van der Waals surface area contributed by atoms with Gasteiger partial charge in [-0.05, 0) is 38.1 Å². The van der Waals surface area contributed by atoms with Gasteiger partial charge in [-0.2, -0.15) is 0 Å². The average molecular weight is 315 g/mol. The summed E-state index contributed by atoms with van der Waals surface area (Å²) in [6.45, 7) is 6.02. The molecule has 2 rings (SSSR count). The first-order valence-corrected chi connectivity index (χ1v) is 6.81. The number of hydrogen-bond donors (Lipinski definition) is 2. The molecule has 4 nitrogen and oxygen atoms in total. The topological polar surface area (TPSA) is 54.3 Å². The van der Waals surface area contributed by atoms with Crippen LogP contribution in [0.1, 0.15) is 29.5 Å². The standard InChI is InChI=1S/C15H19FN2O2.ClH/c1-3-6-17-7-8-18-15(19)14-10(2)12-9-11(16)4-5-13(12)20-14;/h4-5,9,17H,3,6-8H2,1-2H3,(H,18,19);1H. The third kappa shape index (κ3) is 4.19. The average Bonchev–Trinajstić information content (AvgIpc) is 2.76. The van der Waals surface area contributed by atoms with Gasteiger partial charge in [-0.25, -0.2) is 4.39 Å². The number of furan rings is 1. The first kappa shape index (κ1) is 17.5. The first-order chi connectivity index (χ1) is 9.63. The third-order valence-electron chi connectivity index (χ3n) is 3.12. The number of hydrogen-bond acceptors (Lipinski definition) is 3. The van der Waals surface area contributed by atoms with E-state index in [4.69, 9.17) is 4.42 Å². The zero-order chi connectivity index (χ0) is 14.5. The zero-order valence-electron chi connectivity index (χ0n) is 12.2. The minimum atomic E-state index is -0.336. The minimum absolute atomic E-state index is 0. The molecule has 0 atom stereocenters. The number of aryl methyl sites for hydroxylation is 1. The molecule has 6 heteroatoms. The van der Waals surface area contributed by atoms with Gasteiger partial charge in [0, 0.05) is 24.0 Å². The van der Waals surface area contributed by atoms with Crippen LogP contribution >= 0.6 is 12.4 Å². The Hall–Kier alpha value is -1.59. The normalized spacial score (nSPS) is 10.4. The lowest BCUT2D eigenvalue weighted by atomic mass is 10.1. The fourth-order valence-electron chi connectivity index (χ4n) is 2.06. The van der Waals surface area contributed by atoms with Crippen molar-refractivity contribution in [3.63, 3.8) is 0 Å². The fraction of sp³-hybridized carbons (Fsp3) is 0.400. The number of benzene rings is 1. The van der Waals surface area contributed by atoms with E-state index in [1.807, 2.05) is 0 Å². The second-order valence-corrected chi connectivity index (χ2v) is 4.70. The van der Waals surface area contributed by atoms with E-state index < -0.39 is 0 Å². The van der Waals surface area contributed by atoms with Gasteiger partial charge in [0.25, 0.3) is 5.91 Å². The fourth-order valence-corrected chi connectivity index (χ4v) is 2.06. The number of carbonyl (C=O) groups excluding carboxylic acids is 1. The van der Waals surface area contributed by atoms with Gasteiger partial charge in [0.05, 0.1) is 0 Å². The van der Waals surface area contributed by atoms with E-state index >= 15 is 0 Å². The molecular weight excluding hydrogens is 295 g/mol. The van der Waals surface area contributed by atoms with Gasteiger partial charge < -0.3 is 15.1 Å². The van der Waals surface area contributed by atoms with Crippen molar-refractivity contribution in [3.05, 3.63) is 35.3 Å². The Balaban J connectivity index is 0.00000220. The van der Waals surface area contributed by atoms with E-state index in [1.54, 1.807) is 6.92 Å². The summed E-state index contributed by atoms with van der Waals surface area (Å²) in [5, 5.41) is 6.62. The molecule has 0 fully saturated rings. The molecule has 1 amide bonds. The Labute approximate surface area is 129 Å². The van der Waals surface area contributed by atoms with E-state index in [0.717, 1.165) is 13.0 Å². The monoisotopic (exact) mass is 314 g/mol. The molecule has 2 aromatic rings. The summed E-state index contributed by atoms with van der Waals surface area (Å²) in [6.07, 6.45) is 1.06. The lowest BCUT2D eigenvalue weighted by Gasteiger charge is -2.04. The summed E-state index contributed by atoms with van der Waals surface area (Å²) in [5.74, 6) is -0.351. The molecule has 2 N–H and O–H groups in total. The second kappa shape index (κ2) is 8.00. The molecule has 0 spiro atoms. The molecule has 0 saturated carbocycles. The maximum absolute atomic E-state index is 13.2. The Morgan fingerprint density at radius 1 is 1.29 bits per heavy atom. The number of nitrogens with one attached hydrogen (secondary N) is 2. The number of amides is 1. The molecule has 1 aromatic carbocycles. The summed E-state index contributed by atoms with van der Waals surface area (Å²) >= 11 is 0. The van der Waals surface area contributed by atoms with Gasteiger partial charge in [0.1, 0.15) is 11.4 Å². The zero-order valence-corrected chi connectivity index (χ0v) is 13.0. The molecule has 116 valence electrons. The molecule has 0 aliphatic carbocycles. The van der Waals surface area contributed by atoms with Crippen LogP contribution in [0.5, 0.6) is 0 Å². The van der Waals surface area contributed by atoms with Crippen LogP contribution in [0.4, 0.5) is 4.39 Å². The van der Waals surface area contributed by atoms with Crippen molar-refractivity contribution in [2.75, 3.05) is 19.6 Å². The number of halogens is 2. The molecule has 0 bridgehead atoms. The Morgan fingerprint density at radius 2 is 2.05 bits per heavy atom. The molecule has 0 aliphatic rings. The molecular formula is C15H20ClFN2O2. The lowest BCUT2D eigenvalue weighted by Crippen LogP contribution is -2.32. The quantitative estimate of drug-likeness (QED) is 0.806. The van der Waals surface area contributed by atoms with E-state index in [9.17, 15) is 9.18 Å². The molecule has 21 heavy (non-hydrogen) atoms. The molecule has 0 aliphatic heterocycles. The van der Waals surface area contributed by atoms with Crippen LogP contribution in [0, 0.1) is 12.7 Å². The highest BCUT2D eigenvalue weighted by atomic mass is 35.5. The molecule has 0 radical (unpaired) electrons. The van der Waals surface area contributed by atoms with Crippen molar-refractivity contribution in [2.24, 2.45) is 0 Å². The van der Waals surface area contributed by atoms with Crippen LogP contribution in [0.3, 0.4) is 0 Å². The first-order valence-electron chi connectivity index (χ1n) is 6.81. The molecule has 0 unspecified atom stereocenters. The summed E-state index contributed by atoms with van der Waals surface area (Å²) in [5.41, 5.74) is 1.19. The SMILES string of the molecule is CCCNCCNC(=O)c1oc2ccc(F)cc2c1C.Cl. The Bertz CT molecular complexity index is 613. The van der Waals surface area contributed by atoms with Crippen LogP contribution < -0.4 is 10.6 Å². The maximum Gasteiger partial charge on any atom is 0.287 e. The number of rotatable bonds is 6. The van der Waals surface area contributed by atoms with E-state index in [-0.39, 0.29) is 29.9 Å². The Morgan fingerprint density at radius 3 is 2.76 bits per heavy atom. The predicted molar refractivity (Wildman–Crippen MR) is 83.7 cm³/mol. The van der Waals surface area contributed by atoms with Crippen molar-refractivity contribution in [1.29, 1.82) is 0 Å². The highest BCUT2D eigenvalue weighted by molar-refractivity contribution is 5.98. The lowest BCUT2D eigenvalue weighted by molar-refractivity contribution is 0.0927. The highest BCUT2D eigenvalue weighted by Gasteiger charge is 2.17. The summed E-state index contributed by atoms with van der Waals surface area (Å²) in [7, 11) is 0. The van der Waals surface area contributed by atoms with Crippen LogP contribution in [-0.2, 0) is 0 Å².